The van der Waals surface area contributed by atoms with Gasteiger partial charge in [-0.25, -0.2) is 9.18 Å². The van der Waals surface area contributed by atoms with Crippen molar-refractivity contribution in [2.75, 3.05) is 13.3 Å². The van der Waals surface area contributed by atoms with Crippen molar-refractivity contribution in [2.24, 2.45) is 5.92 Å². The molecule has 104 valence electrons. The maximum Gasteiger partial charge on any atom is 0.410 e. The van der Waals surface area contributed by atoms with Crippen LogP contribution in [0.1, 0.15) is 39.0 Å². The van der Waals surface area contributed by atoms with E-state index in [1.165, 1.54) is 6.92 Å². The first-order valence-electron chi connectivity index (χ1n) is 6.31. The minimum absolute atomic E-state index is 0.0729. The van der Waals surface area contributed by atoms with Gasteiger partial charge >= 0.3 is 12.1 Å². The Bertz CT molecular complexity index is 277. The van der Waals surface area contributed by atoms with Gasteiger partial charge in [0, 0.05) is 0 Å². The molecule has 0 spiro atoms. The summed E-state index contributed by atoms with van der Waals surface area (Å²) < 4.78 is 21.8. The molecule has 1 fully saturated rings. The molecule has 5 nitrogen and oxygen atoms in total. The zero-order valence-corrected chi connectivity index (χ0v) is 10.6. The average Bonchev–Trinajstić information content (AvgIpc) is 2.37. The van der Waals surface area contributed by atoms with Gasteiger partial charge in [-0.15, -0.1) is 0 Å². The van der Waals surface area contributed by atoms with Gasteiger partial charge < -0.3 is 14.8 Å². The largest absolute Gasteiger partial charge is 0.428 e. The van der Waals surface area contributed by atoms with Crippen molar-refractivity contribution >= 4 is 12.1 Å². The van der Waals surface area contributed by atoms with Gasteiger partial charge in [-0.3, -0.25) is 4.79 Å². The Morgan fingerprint density at radius 2 is 1.94 bits per heavy atom. The van der Waals surface area contributed by atoms with Crippen LogP contribution in [0.4, 0.5) is 9.18 Å². The number of rotatable bonds is 5. The molecule has 0 saturated heterocycles. The summed E-state index contributed by atoms with van der Waals surface area (Å²) in [6.07, 6.45) is 2.99. The van der Waals surface area contributed by atoms with E-state index in [1.807, 2.05) is 0 Å². The molecule has 1 N–H and O–H groups in total. The number of ether oxygens (including phenoxy) is 2. The smallest absolute Gasteiger partial charge is 0.410 e. The van der Waals surface area contributed by atoms with Crippen molar-refractivity contribution in [3.63, 3.8) is 0 Å². The fourth-order valence-corrected chi connectivity index (χ4v) is 1.87. The molecule has 18 heavy (non-hydrogen) atoms. The third kappa shape index (κ3) is 5.84. The Kier molecular flexibility index (Phi) is 6.46. The van der Waals surface area contributed by atoms with Crippen molar-refractivity contribution in [2.45, 2.75) is 45.2 Å². The van der Waals surface area contributed by atoms with Gasteiger partial charge in [-0.1, -0.05) is 19.3 Å². The molecule has 0 heterocycles. The van der Waals surface area contributed by atoms with E-state index in [2.05, 4.69) is 10.1 Å². The number of alkyl halides is 1. The van der Waals surface area contributed by atoms with E-state index in [-0.39, 0.29) is 18.4 Å². The second-order valence-corrected chi connectivity index (χ2v) is 4.51. The molecular formula is C12H20FNO4. The standard InChI is InChI=1S/C12H20FNO4/c1-9(13)7-14-12(16)18-8-17-11(15)10-5-3-2-4-6-10/h9-10H,2-8H2,1H3,(H,14,16)/t9-/m1/s1. The Labute approximate surface area is 106 Å². The van der Waals surface area contributed by atoms with Crippen LogP contribution < -0.4 is 5.32 Å². The molecule has 6 heteroatoms. The number of alkyl carbamates (subject to hydrolysis) is 1. The van der Waals surface area contributed by atoms with Gasteiger partial charge in [-0.05, 0) is 19.8 Å². The number of halogens is 1. The van der Waals surface area contributed by atoms with E-state index in [0.717, 1.165) is 32.1 Å². The highest BCUT2D eigenvalue weighted by Gasteiger charge is 2.22. The lowest BCUT2D eigenvalue weighted by molar-refractivity contribution is -0.157. The van der Waals surface area contributed by atoms with Crippen molar-refractivity contribution in [1.82, 2.24) is 5.32 Å². The summed E-state index contributed by atoms with van der Waals surface area (Å²) in [5.74, 6) is -0.391. The zero-order chi connectivity index (χ0) is 13.4. The van der Waals surface area contributed by atoms with E-state index in [9.17, 15) is 14.0 Å². The fourth-order valence-electron chi connectivity index (χ4n) is 1.87. The maximum absolute atomic E-state index is 12.4. The number of hydrogen-bond donors (Lipinski definition) is 1. The molecule has 0 bridgehead atoms. The summed E-state index contributed by atoms with van der Waals surface area (Å²) >= 11 is 0. The van der Waals surface area contributed by atoms with Crippen molar-refractivity contribution in [3.05, 3.63) is 0 Å². The molecular weight excluding hydrogens is 241 g/mol. The lowest BCUT2D eigenvalue weighted by atomic mass is 9.89. The molecule has 0 aromatic rings. The minimum Gasteiger partial charge on any atom is -0.428 e. The van der Waals surface area contributed by atoms with E-state index in [1.54, 1.807) is 0 Å². The van der Waals surface area contributed by atoms with Crippen molar-refractivity contribution < 1.29 is 23.5 Å². The first-order chi connectivity index (χ1) is 8.59. The number of hydrogen-bond acceptors (Lipinski definition) is 4. The molecule has 0 aromatic heterocycles. The van der Waals surface area contributed by atoms with E-state index in [4.69, 9.17) is 4.74 Å². The van der Waals surface area contributed by atoms with E-state index >= 15 is 0 Å². The minimum atomic E-state index is -1.14. The fraction of sp³-hybridized carbons (Fsp3) is 0.833. The molecule has 0 unspecified atom stereocenters. The van der Waals surface area contributed by atoms with E-state index < -0.39 is 19.1 Å². The Morgan fingerprint density at radius 3 is 2.56 bits per heavy atom. The maximum atomic E-state index is 12.4. The summed E-state index contributed by atoms with van der Waals surface area (Å²) in [7, 11) is 0. The normalized spacial score (nSPS) is 17.9. The highest BCUT2D eigenvalue weighted by Crippen LogP contribution is 2.24. The summed E-state index contributed by atoms with van der Waals surface area (Å²) in [5.41, 5.74) is 0. The SMILES string of the molecule is C[C@@H](F)CNC(=O)OCOC(=O)C1CCCCC1. The van der Waals surface area contributed by atoms with Crippen molar-refractivity contribution in [3.8, 4) is 0 Å². The number of amides is 1. The average molecular weight is 261 g/mol. The molecule has 1 rings (SSSR count). The van der Waals surface area contributed by atoms with Gasteiger partial charge in [-0.2, -0.15) is 0 Å². The van der Waals surface area contributed by atoms with Gasteiger partial charge in [0.05, 0.1) is 12.5 Å². The number of carbonyl (C=O) groups excluding carboxylic acids is 2. The van der Waals surface area contributed by atoms with Crippen LogP contribution >= 0.6 is 0 Å². The Hall–Kier alpha value is -1.33. The lowest BCUT2D eigenvalue weighted by Gasteiger charge is -2.19. The second-order valence-electron chi connectivity index (χ2n) is 4.51. The van der Waals surface area contributed by atoms with Crippen LogP contribution in [-0.4, -0.2) is 31.6 Å². The monoisotopic (exact) mass is 261 g/mol. The van der Waals surface area contributed by atoms with Gasteiger partial charge in [0.2, 0.25) is 6.79 Å². The molecule has 1 amide bonds. The van der Waals surface area contributed by atoms with Crippen LogP contribution in [0.3, 0.4) is 0 Å². The zero-order valence-electron chi connectivity index (χ0n) is 10.6. The summed E-state index contributed by atoms with van der Waals surface area (Å²) in [6.45, 7) is 0.792. The number of nitrogens with one attached hydrogen (secondary N) is 1. The lowest BCUT2D eigenvalue weighted by Crippen LogP contribution is -2.31. The highest BCUT2D eigenvalue weighted by molar-refractivity contribution is 5.72. The van der Waals surface area contributed by atoms with Gasteiger partial charge in [0.1, 0.15) is 6.17 Å². The summed E-state index contributed by atoms with van der Waals surface area (Å²) in [5, 5.41) is 2.21. The van der Waals surface area contributed by atoms with Crippen LogP contribution in [0, 0.1) is 5.92 Å². The van der Waals surface area contributed by atoms with Gasteiger partial charge in [0.25, 0.3) is 0 Å². The highest BCUT2D eigenvalue weighted by atomic mass is 19.1. The predicted octanol–water partition coefficient (Wildman–Crippen LogP) is 2.15. The Morgan fingerprint density at radius 1 is 1.28 bits per heavy atom. The molecule has 1 saturated carbocycles. The Balaban J connectivity index is 2.09. The van der Waals surface area contributed by atoms with Gasteiger partial charge in [0.15, 0.2) is 0 Å². The molecule has 1 atom stereocenters. The molecule has 0 radical (unpaired) electrons. The number of carbonyl (C=O) groups is 2. The quantitative estimate of drug-likeness (QED) is 0.608. The van der Waals surface area contributed by atoms with E-state index in [0.29, 0.717) is 0 Å². The summed E-state index contributed by atoms with van der Waals surface area (Å²) in [6, 6.07) is 0. The molecule has 1 aliphatic carbocycles. The molecule has 1 aliphatic rings. The second kappa shape index (κ2) is 7.89. The van der Waals surface area contributed by atoms with Crippen LogP contribution in [0.5, 0.6) is 0 Å². The first kappa shape index (κ1) is 14.7. The predicted molar refractivity (Wildman–Crippen MR) is 62.6 cm³/mol. The molecule has 0 aliphatic heterocycles. The van der Waals surface area contributed by atoms with Crippen molar-refractivity contribution in [1.29, 1.82) is 0 Å². The molecule has 0 aromatic carbocycles. The van der Waals surface area contributed by atoms with Crippen LogP contribution in [0.2, 0.25) is 0 Å². The van der Waals surface area contributed by atoms with Crippen LogP contribution in [0.25, 0.3) is 0 Å². The topological polar surface area (TPSA) is 64.6 Å². The van der Waals surface area contributed by atoms with Crippen LogP contribution in [0.15, 0.2) is 0 Å². The third-order valence-electron chi connectivity index (χ3n) is 2.86. The number of esters is 1. The first-order valence-corrected chi connectivity index (χ1v) is 6.31. The third-order valence-corrected chi connectivity index (χ3v) is 2.86. The van der Waals surface area contributed by atoms with Crippen LogP contribution in [-0.2, 0) is 14.3 Å². The summed E-state index contributed by atoms with van der Waals surface area (Å²) in [4.78, 5) is 22.6.